The Morgan fingerprint density at radius 3 is 2.06 bits per heavy atom. The lowest BCUT2D eigenvalue weighted by Gasteiger charge is -2.18. The maximum absolute atomic E-state index is 10.9. The molecule has 2 saturated carbocycles. The van der Waals surface area contributed by atoms with Crippen molar-refractivity contribution in [2.45, 2.75) is 31.8 Å². The molecule has 3 heteroatoms. The van der Waals surface area contributed by atoms with Gasteiger partial charge >= 0.3 is 0 Å². The molecule has 0 unspecified atom stereocenters. The van der Waals surface area contributed by atoms with Gasteiger partial charge < -0.3 is 4.74 Å². The summed E-state index contributed by atoms with van der Waals surface area (Å²) < 4.78 is 6.04. The zero-order valence-electron chi connectivity index (χ0n) is 9.56. The normalized spacial score (nSPS) is 19.4. The van der Waals surface area contributed by atoms with Crippen LogP contribution in [0.5, 0.6) is 5.75 Å². The Labute approximate surface area is 106 Å². The average Bonchev–Trinajstić information content (AvgIpc) is 3.17. The van der Waals surface area contributed by atoms with Gasteiger partial charge in [0.15, 0.2) is 0 Å². The van der Waals surface area contributed by atoms with Crippen LogP contribution >= 0.6 is 11.6 Å². The highest BCUT2D eigenvalue weighted by atomic mass is 35.5. The van der Waals surface area contributed by atoms with E-state index in [1.165, 1.54) is 25.7 Å². The van der Waals surface area contributed by atoms with Crippen LogP contribution in [0.1, 0.15) is 36.0 Å². The predicted molar refractivity (Wildman–Crippen MR) is 66.5 cm³/mol. The molecule has 1 aromatic carbocycles. The number of ether oxygens (including phenoxy) is 1. The lowest BCUT2D eigenvalue weighted by atomic mass is 10.1. The van der Waals surface area contributed by atoms with E-state index in [2.05, 4.69) is 0 Å². The molecule has 0 spiro atoms. The molecule has 2 aliphatic rings. The van der Waals surface area contributed by atoms with Gasteiger partial charge in [0, 0.05) is 5.56 Å². The SMILES string of the molecule is O=C(Cl)c1ccc(OC(C2CC2)C2CC2)cc1. The standard InChI is InChI=1S/C14H15ClO2/c15-14(16)11-5-7-12(8-6-11)17-13(9-1-2-9)10-3-4-10/h5-10,13H,1-4H2. The third kappa shape index (κ3) is 2.63. The van der Waals surface area contributed by atoms with Crippen molar-refractivity contribution >= 4 is 16.8 Å². The summed E-state index contributed by atoms with van der Waals surface area (Å²) in [6, 6.07) is 7.13. The molecule has 0 saturated heterocycles. The molecule has 0 radical (unpaired) electrons. The Bertz CT molecular complexity index is 406. The number of benzene rings is 1. The largest absolute Gasteiger partial charge is 0.490 e. The van der Waals surface area contributed by atoms with Gasteiger partial charge in [0.25, 0.3) is 5.24 Å². The quantitative estimate of drug-likeness (QED) is 0.746. The monoisotopic (exact) mass is 250 g/mol. The molecule has 2 nitrogen and oxygen atoms in total. The molecule has 0 bridgehead atoms. The van der Waals surface area contributed by atoms with Crippen molar-refractivity contribution in [2.24, 2.45) is 11.8 Å². The summed E-state index contributed by atoms with van der Waals surface area (Å²) in [6.45, 7) is 0. The number of carbonyl (C=O) groups excluding carboxylic acids is 1. The highest BCUT2D eigenvalue weighted by Crippen LogP contribution is 2.46. The van der Waals surface area contributed by atoms with Gasteiger partial charge in [-0.1, -0.05) is 0 Å². The highest BCUT2D eigenvalue weighted by Gasteiger charge is 2.43. The third-order valence-corrected chi connectivity index (χ3v) is 3.74. The van der Waals surface area contributed by atoms with Gasteiger partial charge in [-0.2, -0.15) is 0 Å². The Morgan fingerprint density at radius 2 is 1.65 bits per heavy atom. The van der Waals surface area contributed by atoms with E-state index < -0.39 is 5.24 Å². The molecule has 0 aromatic heterocycles. The van der Waals surface area contributed by atoms with Crippen LogP contribution in [0.2, 0.25) is 0 Å². The lowest BCUT2D eigenvalue weighted by molar-refractivity contribution is 0.108. The second-order valence-corrected chi connectivity index (χ2v) is 5.40. The highest BCUT2D eigenvalue weighted by molar-refractivity contribution is 6.67. The van der Waals surface area contributed by atoms with Crippen molar-refractivity contribution in [3.63, 3.8) is 0 Å². The van der Waals surface area contributed by atoms with E-state index in [4.69, 9.17) is 16.3 Å². The first kappa shape index (κ1) is 11.1. The molecule has 0 amide bonds. The molecule has 0 atom stereocenters. The maximum Gasteiger partial charge on any atom is 0.252 e. The van der Waals surface area contributed by atoms with Crippen molar-refractivity contribution < 1.29 is 9.53 Å². The molecule has 1 aromatic rings. The van der Waals surface area contributed by atoms with Gasteiger partial charge in [-0.3, -0.25) is 4.79 Å². The van der Waals surface area contributed by atoms with E-state index in [1.54, 1.807) is 12.1 Å². The molecule has 3 rings (SSSR count). The number of rotatable bonds is 5. The Balaban J connectivity index is 1.68. The zero-order valence-corrected chi connectivity index (χ0v) is 10.3. The molecule has 90 valence electrons. The molecular formula is C14H15ClO2. The van der Waals surface area contributed by atoms with E-state index in [0.717, 1.165) is 17.6 Å². The topological polar surface area (TPSA) is 26.3 Å². The lowest BCUT2D eigenvalue weighted by Crippen LogP contribution is -2.21. The fraction of sp³-hybridized carbons (Fsp3) is 0.500. The number of hydrogen-bond donors (Lipinski definition) is 0. The van der Waals surface area contributed by atoms with Gasteiger partial charge in [0.05, 0.1) is 0 Å². The fourth-order valence-corrected chi connectivity index (χ4v) is 2.37. The Hall–Kier alpha value is -1.02. The van der Waals surface area contributed by atoms with Crippen molar-refractivity contribution in [2.75, 3.05) is 0 Å². The van der Waals surface area contributed by atoms with Gasteiger partial charge in [0.1, 0.15) is 11.9 Å². The molecular weight excluding hydrogens is 236 g/mol. The first-order chi connectivity index (χ1) is 8.24. The molecule has 0 heterocycles. The minimum absolute atomic E-state index is 0.396. The predicted octanol–water partition coefficient (Wildman–Crippen LogP) is 3.63. The van der Waals surface area contributed by atoms with Gasteiger partial charge in [-0.05, 0) is 73.4 Å². The van der Waals surface area contributed by atoms with E-state index in [9.17, 15) is 4.79 Å². The Morgan fingerprint density at radius 1 is 1.12 bits per heavy atom. The molecule has 17 heavy (non-hydrogen) atoms. The molecule has 2 fully saturated rings. The second kappa shape index (κ2) is 4.34. The maximum atomic E-state index is 10.9. The third-order valence-electron chi connectivity index (χ3n) is 3.53. The summed E-state index contributed by atoms with van der Waals surface area (Å²) in [6.07, 6.45) is 5.62. The van der Waals surface area contributed by atoms with Crippen LogP contribution in [0.15, 0.2) is 24.3 Å². The fourth-order valence-electron chi connectivity index (χ4n) is 2.25. The van der Waals surface area contributed by atoms with Crippen LogP contribution in [0.3, 0.4) is 0 Å². The summed E-state index contributed by atoms with van der Waals surface area (Å²) in [5.41, 5.74) is 0.522. The van der Waals surface area contributed by atoms with Crippen molar-refractivity contribution in [3.8, 4) is 5.75 Å². The summed E-state index contributed by atoms with van der Waals surface area (Å²) in [5, 5.41) is -0.419. The van der Waals surface area contributed by atoms with Gasteiger partial charge in [-0.25, -0.2) is 0 Å². The van der Waals surface area contributed by atoms with E-state index in [0.29, 0.717) is 11.7 Å². The van der Waals surface area contributed by atoms with Crippen LogP contribution in [0, 0.1) is 11.8 Å². The molecule has 0 aliphatic heterocycles. The Kier molecular flexibility index (Phi) is 2.83. The van der Waals surface area contributed by atoms with Crippen molar-refractivity contribution in [3.05, 3.63) is 29.8 Å². The summed E-state index contributed by atoms with van der Waals surface area (Å²) >= 11 is 5.40. The summed E-state index contributed by atoms with van der Waals surface area (Å²) in [7, 11) is 0. The molecule has 0 N–H and O–H groups in total. The van der Waals surface area contributed by atoms with E-state index >= 15 is 0 Å². The van der Waals surface area contributed by atoms with Crippen LogP contribution in [-0.2, 0) is 0 Å². The smallest absolute Gasteiger partial charge is 0.252 e. The number of hydrogen-bond acceptors (Lipinski definition) is 2. The number of halogens is 1. The van der Waals surface area contributed by atoms with E-state index in [1.807, 2.05) is 12.1 Å². The van der Waals surface area contributed by atoms with Gasteiger partial charge in [-0.15, -0.1) is 0 Å². The first-order valence-electron chi connectivity index (χ1n) is 6.20. The minimum Gasteiger partial charge on any atom is -0.490 e. The van der Waals surface area contributed by atoms with Crippen molar-refractivity contribution in [1.82, 2.24) is 0 Å². The zero-order chi connectivity index (χ0) is 11.8. The summed E-state index contributed by atoms with van der Waals surface area (Å²) in [5.74, 6) is 2.38. The van der Waals surface area contributed by atoms with Crippen LogP contribution in [0.4, 0.5) is 0 Å². The van der Waals surface area contributed by atoms with E-state index in [-0.39, 0.29) is 0 Å². The summed E-state index contributed by atoms with van der Waals surface area (Å²) in [4.78, 5) is 10.9. The first-order valence-corrected chi connectivity index (χ1v) is 6.58. The second-order valence-electron chi connectivity index (χ2n) is 5.06. The number of carbonyl (C=O) groups is 1. The van der Waals surface area contributed by atoms with Crippen molar-refractivity contribution in [1.29, 1.82) is 0 Å². The molecule has 2 aliphatic carbocycles. The van der Waals surface area contributed by atoms with Crippen LogP contribution in [0.25, 0.3) is 0 Å². The average molecular weight is 251 g/mol. The van der Waals surface area contributed by atoms with Crippen LogP contribution in [-0.4, -0.2) is 11.3 Å². The minimum atomic E-state index is -0.419. The van der Waals surface area contributed by atoms with Gasteiger partial charge in [0.2, 0.25) is 0 Å². The van der Waals surface area contributed by atoms with Crippen LogP contribution < -0.4 is 4.74 Å².